The topological polar surface area (TPSA) is 52.7 Å². The first-order valence-electron chi connectivity index (χ1n) is 6.86. The molecule has 2 rings (SSSR count). The zero-order valence-corrected chi connectivity index (χ0v) is 12.2. The van der Waals surface area contributed by atoms with Crippen molar-refractivity contribution in [1.82, 2.24) is 14.5 Å². The minimum Gasteiger partial charge on any atom is -0.314 e. The van der Waals surface area contributed by atoms with E-state index in [-0.39, 0.29) is 0 Å². The minimum atomic E-state index is -2.99. The molecule has 0 amide bonds. The van der Waals surface area contributed by atoms with Crippen molar-refractivity contribution in [1.29, 1.82) is 0 Å². The summed E-state index contributed by atoms with van der Waals surface area (Å²) in [5.41, 5.74) is 0. The number of hydrogen-bond acceptors (Lipinski definition) is 4. The normalized spacial score (nSPS) is 32.6. The van der Waals surface area contributed by atoms with E-state index in [1.165, 1.54) is 19.1 Å². The number of rotatable bonds is 3. The molecular formula is C12H25N3O2S. The van der Waals surface area contributed by atoms with E-state index in [0.29, 0.717) is 19.1 Å². The molecule has 0 aromatic carbocycles. The summed E-state index contributed by atoms with van der Waals surface area (Å²) in [6, 6.07) is 0.626. The molecule has 0 radical (unpaired) electrons. The summed E-state index contributed by atoms with van der Waals surface area (Å²) in [5.74, 6) is 0.769. The van der Waals surface area contributed by atoms with Crippen LogP contribution >= 0.6 is 0 Å². The molecule has 18 heavy (non-hydrogen) atoms. The van der Waals surface area contributed by atoms with E-state index in [0.717, 1.165) is 32.1 Å². The van der Waals surface area contributed by atoms with Gasteiger partial charge in [0.2, 0.25) is 10.0 Å². The van der Waals surface area contributed by atoms with Gasteiger partial charge in [-0.2, -0.15) is 4.31 Å². The molecule has 1 N–H and O–H groups in total. The Balaban J connectivity index is 1.76. The summed E-state index contributed by atoms with van der Waals surface area (Å²) < 4.78 is 24.4. The van der Waals surface area contributed by atoms with Crippen LogP contribution in [0.4, 0.5) is 0 Å². The van der Waals surface area contributed by atoms with Crippen LogP contribution < -0.4 is 5.32 Å². The lowest BCUT2D eigenvalue weighted by Crippen LogP contribution is -2.50. The molecule has 0 aromatic heterocycles. The van der Waals surface area contributed by atoms with Gasteiger partial charge in [0, 0.05) is 38.8 Å². The van der Waals surface area contributed by atoms with Crippen LogP contribution in [0.5, 0.6) is 0 Å². The largest absolute Gasteiger partial charge is 0.314 e. The number of sulfonamides is 1. The van der Waals surface area contributed by atoms with Gasteiger partial charge in [-0.15, -0.1) is 0 Å². The molecule has 2 unspecified atom stereocenters. The highest BCUT2D eigenvalue weighted by Gasteiger charge is 2.26. The lowest BCUT2D eigenvalue weighted by Gasteiger charge is -2.37. The van der Waals surface area contributed by atoms with Crippen LogP contribution in [0, 0.1) is 5.92 Å². The smallest absolute Gasteiger partial charge is 0.211 e. The third kappa shape index (κ3) is 3.91. The predicted molar refractivity (Wildman–Crippen MR) is 73.0 cm³/mol. The van der Waals surface area contributed by atoms with E-state index in [9.17, 15) is 8.42 Å². The molecule has 6 heteroatoms. The van der Waals surface area contributed by atoms with Crippen LogP contribution in [-0.4, -0.2) is 69.2 Å². The van der Waals surface area contributed by atoms with Gasteiger partial charge in [-0.05, 0) is 32.2 Å². The van der Waals surface area contributed by atoms with Crippen molar-refractivity contribution in [3.05, 3.63) is 0 Å². The van der Waals surface area contributed by atoms with Crippen LogP contribution in [0.1, 0.15) is 19.8 Å². The fourth-order valence-electron chi connectivity index (χ4n) is 3.01. The number of nitrogens with one attached hydrogen (secondary N) is 1. The van der Waals surface area contributed by atoms with E-state index in [2.05, 4.69) is 17.1 Å². The summed E-state index contributed by atoms with van der Waals surface area (Å²) >= 11 is 0. The molecule has 5 nitrogen and oxygen atoms in total. The van der Waals surface area contributed by atoms with Gasteiger partial charge in [-0.25, -0.2) is 8.42 Å². The maximum atomic E-state index is 11.4. The SMILES string of the molecule is CC1CC(CN2CCN(S(C)(=O)=O)CC2)CCN1. The quantitative estimate of drug-likeness (QED) is 0.785. The average Bonchev–Trinajstić information content (AvgIpc) is 2.28. The Morgan fingerprint density at radius 1 is 1.22 bits per heavy atom. The summed E-state index contributed by atoms with van der Waals surface area (Å²) in [4.78, 5) is 2.42. The van der Waals surface area contributed by atoms with Gasteiger partial charge in [0.05, 0.1) is 6.26 Å². The molecule has 0 aromatic rings. The Hall–Kier alpha value is -0.170. The standard InChI is InChI=1S/C12H25N3O2S/c1-11-9-12(3-4-13-11)10-14-5-7-15(8-6-14)18(2,16)17/h11-13H,3-10H2,1-2H3. The van der Waals surface area contributed by atoms with Crippen LogP contribution in [0.15, 0.2) is 0 Å². The third-order valence-corrected chi connectivity index (χ3v) is 5.35. The summed E-state index contributed by atoms with van der Waals surface area (Å²) in [5, 5.41) is 3.47. The lowest BCUT2D eigenvalue weighted by atomic mass is 9.92. The highest BCUT2D eigenvalue weighted by Crippen LogP contribution is 2.18. The van der Waals surface area contributed by atoms with Crippen LogP contribution in [-0.2, 0) is 10.0 Å². The maximum Gasteiger partial charge on any atom is 0.211 e. The van der Waals surface area contributed by atoms with Gasteiger partial charge >= 0.3 is 0 Å². The van der Waals surface area contributed by atoms with Crippen molar-refractivity contribution >= 4 is 10.0 Å². The molecule has 0 bridgehead atoms. The molecule has 2 aliphatic rings. The van der Waals surface area contributed by atoms with Crippen molar-refractivity contribution < 1.29 is 8.42 Å². The van der Waals surface area contributed by atoms with Gasteiger partial charge in [0.1, 0.15) is 0 Å². The molecule has 0 aliphatic carbocycles. The Labute approximate surface area is 111 Å². The van der Waals surface area contributed by atoms with E-state index in [4.69, 9.17) is 0 Å². The third-order valence-electron chi connectivity index (χ3n) is 4.05. The van der Waals surface area contributed by atoms with E-state index in [1.807, 2.05) is 0 Å². The number of piperidine rings is 1. The Kier molecular flexibility index (Phi) is 4.64. The Bertz CT molecular complexity index is 364. The molecule has 106 valence electrons. The molecule has 2 aliphatic heterocycles. The summed E-state index contributed by atoms with van der Waals surface area (Å²) in [6.07, 6.45) is 3.79. The molecule has 2 atom stereocenters. The highest BCUT2D eigenvalue weighted by molar-refractivity contribution is 7.88. The van der Waals surface area contributed by atoms with E-state index in [1.54, 1.807) is 4.31 Å². The predicted octanol–water partition coefficient (Wildman–Crippen LogP) is -0.0483. The zero-order chi connectivity index (χ0) is 13.2. The second-order valence-electron chi connectivity index (χ2n) is 5.71. The molecule has 2 fully saturated rings. The van der Waals surface area contributed by atoms with Crippen molar-refractivity contribution in [3.63, 3.8) is 0 Å². The fourth-order valence-corrected chi connectivity index (χ4v) is 3.84. The number of hydrogen-bond donors (Lipinski definition) is 1. The van der Waals surface area contributed by atoms with Crippen LogP contribution in [0.2, 0.25) is 0 Å². The average molecular weight is 275 g/mol. The van der Waals surface area contributed by atoms with Gasteiger partial charge in [0.15, 0.2) is 0 Å². The second-order valence-corrected chi connectivity index (χ2v) is 7.69. The van der Waals surface area contributed by atoms with Crippen LogP contribution in [0.25, 0.3) is 0 Å². The fraction of sp³-hybridized carbons (Fsp3) is 1.00. The van der Waals surface area contributed by atoms with Gasteiger partial charge in [0.25, 0.3) is 0 Å². The highest BCUT2D eigenvalue weighted by atomic mass is 32.2. The van der Waals surface area contributed by atoms with Crippen molar-refractivity contribution in [2.24, 2.45) is 5.92 Å². The first-order chi connectivity index (χ1) is 8.45. The minimum absolute atomic E-state index is 0.626. The van der Waals surface area contributed by atoms with E-state index < -0.39 is 10.0 Å². The van der Waals surface area contributed by atoms with Crippen molar-refractivity contribution in [2.45, 2.75) is 25.8 Å². The first-order valence-corrected chi connectivity index (χ1v) is 8.71. The molecule has 0 spiro atoms. The summed E-state index contributed by atoms with van der Waals surface area (Å²) in [6.45, 7) is 7.56. The number of nitrogens with zero attached hydrogens (tertiary/aromatic N) is 2. The molecule has 0 saturated carbocycles. The van der Waals surface area contributed by atoms with Gasteiger partial charge in [-0.1, -0.05) is 0 Å². The van der Waals surface area contributed by atoms with Crippen molar-refractivity contribution in [2.75, 3.05) is 45.5 Å². The molecule has 2 saturated heterocycles. The zero-order valence-electron chi connectivity index (χ0n) is 11.4. The van der Waals surface area contributed by atoms with Crippen molar-refractivity contribution in [3.8, 4) is 0 Å². The van der Waals surface area contributed by atoms with Crippen LogP contribution in [0.3, 0.4) is 0 Å². The molecule has 2 heterocycles. The lowest BCUT2D eigenvalue weighted by molar-refractivity contribution is 0.146. The Morgan fingerprint density at radius 2 is 1.89 bits per heavy atom. The maximum absolute atomic E-state index is 11.4. The second kappa shape index (κ2) is 5.86. The monoisotopic (exact) mass is 275 g/mol. The summed E-state index contributed by atoms with van der Waals surface area (Å²) in [7, 11) is -2.99. The first kappa shape index (κ1) is 14.2. The number of piperazine rings is 1. The van der Waals surface area contributed by atoms with Gasteiger partial charge in [-0.3, -0.25) is 0 Å². The van der Waals surface area contributed by atoms with E-state index >= 15 is 0 Å². The van der Waals surface area contributed by atoms with Gasteiger partial charge < -0.3 is 10.2 Å². The molecular weight excluding hydrogens is 250 g/mol. The Morgan fingerprint density at radius 3 is 2.44 bits per heavy atom.